The van der Waals surface area contributed by atoms with Gasteiger partial charge in [0.05, 0.1) is 12.3 Å². The summed E-state index contributed by atoms with van der Waals surface area (Å²) >= 11 is 0. The van der Waals surface area contributed by atoms with Gasteiger partial charge in [-0.1, -0.05) is 24.3 Å². The molecule has 9 heteroatoms. The number of aliphatic hydroxyl groups is 1. The van der Waals surface area contributed by atoms with Gasteiger partial charge in [-0.25, -0.2) is 9.97 Å². The number of aromatic nitrogens is 5. The van der Waals surface area contributed by atoms with Crippen LogP contribution in [-0.2, 0) is 0 Å². The molecule has 0 spiro atoms. The van der Waals surface area contributed by atoms with Gasteiger partial charge in [0.2, 0.25) is 0 Å². The number of nitrogens with one attached hydrogen (secondary N) is 3. The molecule has 6 rings (SSSR count). The topological polar surface area (TPSA) is 123 Å². The third-order valence-electron chi connectivity index (χ3n) is 6.51. The maximum absolute atomic E-state index is 12.9. The van der Waals surface area contributed by atoms with Crippen molar-refractivity contribution < 1.29 is 9.90 Å². The Balaban J connectivity index is 1.20. The summed E-state index contributed by atoms with van der Waals surface area (Å²) < 4.78 is 0. The van der Waals surface area contributed by atoms with Crippen molar-refractivity contribution in [2.24, 2.45) is 0 Å². The summed E-state index contributed by atoms with van der Waals surface area (Å²) in [5.74, 6) is 1.23. The molecule has 5 aromatic rings. The Morgan fingerprint density at radius 3 is 2.58 bits per heavy atom. The number of hydrogen-bond acceptors (Lipinski definition) is 6. The number of benzene rings is 2. The zero-order chi connectivity index (χ0) is 24.5. The molecular weight excluding hydrogens is 454 g/mol. The van der Waals surface area contributed by atoms with E-state index >= 15 is 0 Å². The van der Waals surface area contributed by atoms with E-state index in [1.807, 2.05) is 60.8 Å². The molecule has 4 N–H and O–H groups in total. The van der Waals surface area contributed by atoms with Crippen molar-refractivity contribution in [1.82, 2.24) is 30.0 Å². The molecule has 36 heavy (non-hydrogen) atoms. The fourth-order valence-electron chi connectivity index (χ4n) is 4.49. The van der Waals surface area contributed by atoms with E-state index < -0.39 is 0 Å². The van der Waals surface area contributed by atoms with Gasteiger partial charge < -0.3 is 20.3 Å². The fraction of sp³-hybridized carbons (Fsp3) is 0.185. The summed E-state index contributed by atoms with van der Waals surface area (Å²) in [5.41, 5.74) is 5.28. The third kappa shape index (κ3) is 4.44. The zero-order valence-electron chi connectivity index (χ0n) is 19.5. The maximum Gasteiger partial charge on any atom is 0.270 e. The lowest BCUT2D eigenvalue weighted by Crippen LogP contribution is -2.40. The van der Waals surface area contributed by atoms with Gasteiger partial charge in [-0.05, 0) is 48.7 Å². The van der Waals surface area contributed by atoms with Crippen LogP contribution in [0.25, 0.3) is 33.4 Å². The van der Waals surface area contributed by atoms with Gasteiger partial charge >= 0.3 is 0 Å². The highest BCUT2D eigenvalue weighted by Crippen LogP contribution is 2.26. The number of nitrogens with zero attached hydrogens (tertiary/aromatic N) is 4. The Morgan fingerprint density at radius 2 is 1.81 bits per heavy atom. The van der Waals surface area contributed by atoms with Crippen molar-refractivity contribution in [1.29, 1.82) is 0 Å². The number of piperidine rings is 1. The molecule has 0 aliphatic carbocycles. The van der Waals surface area contributed by atoms with E-state index in [1.165, 1.54) is 0 Å². The molecule has 1 aliphatic heterocycles. The smallest absolute Gasteiger partial charge is 0.270 e. The summed E-state index contributed by atoms with van der Waals surface area (Å²) in [6.45, 7) is 1.14. The number of aliphatic hydroxyl groups excluding tert-OH is 1. The van der Waals surface area contributed by atoms with Crippen molar-refractivity contribution in [3.63, 3.8) is 0 Å². The maximum atomic E-state index is 12.9. The van der Waals surface area contributed by atoms with Gasteiger partial charge in [-0.3, -0.25) is 9.89 Å². The molecule has 9 nitrogen and oxygen atoms in total. The van der Waals surface area contributed by atoms with E-state index in [2.05, 4.69) is 30.5 Å². The van der Waals surface area contributed by atoms with Crippen LogP contribution in [0.2, 0.25) is 0 Å². The van der Waals surface area contributed by atoms with Crippen molar-refractivity contribution in [3.05, 3.63) is 78.9 Å². The number of anilines is 2. The molecule has 1 fully saturated rings. The first-order valence-corrected chi connectivity index (χ1v) is 11.9. The minimum Gasteiger partial charge on any atom is -0.393 e. The molecule has 180 valence electrons. The van der Waals surface area contributed by atoms with Gasteiger partial charge in [0.25, 0.3) is 5.91 Å². The minimum absolute atomic E-state index is 0.0408. The van der Waals surface area contributed by atoms with Crippen molar-refractivity contribution in [2.45, 2.75) is 18.9 Å². The van der Waals surface area contributed by atoms with Crippen molar-refractivity contribution >= 4 is 28.3 Å². The largest absolute Gasteiger partial charge is 0.393 e. The van der Waals surface area contributed by atoms with E-state index in [1.54, 1.807) is 17.3 Å². The Bertz CT molecular complexity index is 1500. The molecule has 0 atom stereocenters. The molecule has 1 aliphatic rings. The number of H-pyrrole nitrogens is 2. The number of hydrogen-bond donors (Lipinski definition) is 4. The van der Waals surface area contributed by atoms with Crippen LogP contribution in [0, 0.1) is 0 Å². The standard InChI is InChI=1S/C27H25N7O2/c35-22-8-11-34(12-9-22)27(36)24-13-18-1-2-19(14-23(18)32-24)26-28-10-7-25(33-26)31-21-5-3-17(4-6-21)20-15-29-30-16-20/h1-7,10,13-16,22,32,35H,8-9,11-12H2,(H,29,30)(H,28,31,33). The second kappa shape index (κ2) is 9.27. The molecule has 1 amide bonds. The summed E-state index contributed by atoms with van der Waals surface area (Å²) in [6.07, 6.45) is 6.30. The number of amides is 1. The van der Waals surface area contributed by atoms with Gasteiger partial charge in [0.1, 0.15) is 11.5 Å². The molecule has 0 radical (unpaired) electrons. The van der Waals surface area contributed by atoms with Crippen LogP contribution in [0.1, 0.15) is 23.3 Å². The fourth-order valence-corrected chi connectivity index (χ4v) is 4.49. The quantitative estimate of drug-likeness (QED) is 0.297. The predicted octanol–water partition coefficient (Wildman–Crippen LogP) is 4.36. The molecule has 0 unspecified atom stereocenters. The summed E-state index contributed by atoms with van der Waals surface area (Å²) in [4.78, 5) is 27.1. The first-order valence-electron chi connectivity index (χ1n) is 11.9. The second-order valence-electron chi connectivity index (χ2n) is 8.96. The number of carbonyl (C=O) groups excluding carboxylic acids is 1. The molecule has 3 aromatic heterocycles. The van der Waals surface area contributed by atoms with E-state index in [4.69, 9.17) is 0 Å². The van der Waals surface area contributed by atoms with Crippen LogP contribution in [0.15, 0.2) is 73.2 Å². The lowest BCUT2D eigenvalue weighted by atomic mass is 10.1. The summed E-state index contributed by atoms with van der Waals surface area (Å²) in [5, 5.41) is 20.8. The van der Waals surface area contributed by atoms with Crippen LogP contribution >= 0.6 is 0 Å². The normalized spacial score (nSPS) is 14.3. The Hall–Kier alpha value is -4.50. The van der Waals surface area contributed by atoms with Gasteiger partial charge in [0.15, 0.2) is 5.82 Å². The molecular formula is C27H25N7O2. The highest BCUT2D eigenvalue weighted by Gasteiger charge is 2.23. The van der Waals surface area contributed by atoms with E-state index in [9.17, 15) is 9.90 Å². The highest BCUT2D eigenvalue weighted by molar-refractivity contribution is 5.98. The number of fused-ring (bicyclic) bond motifs is 1. The van der Waals surface area contributed by atoms with Crippen LogP contribution in [0.5, 0.6) is 0 Å². The zero-order valence-corrected chi connectivity index (χ0v) is 19.5. The van der Waals surface area contributed by atoms with Crippen LogP contribution in [-0.4, -0.2) is 60.3 Å². The average Bonchev–Trinajstić information content (AvgIpc) is 3.59. The molecule has 0 saturated carbocycles. The lowest BCUT2D eigenvalue weighted by Gasteiger charge is -2.29. The van der Waals surface area contributed by atoms with Crippen molar-refractivity contribution in [2.75, 3.05) is 18.4 Å². The van der Waals surface area contributed by atoms with E-state index in [-0.39, 0.29) is 12.0 Å². The van der Waals surface area contributed by atoms with Crippen LogP contribution in [0.3, 0.4) is 0 Å². The molecule has 1 saturated heterocycles. The highest BCUT2D eigenvalue weighted by atomic mass is 16.3. The minimum atomic E-state index is -0.314. The Morgan fingerprint density at radius 1 is 1.00 bits per heavy atom. The van der Waals surface area contributed by atoms with E-state index in [0.29, 0.717) is 43.3 Å². The second-order valence-corrected chi connectivity index (χ2v) is 8.96. The van der Waals surface area contributed by atoms with E-state index in [0.717, 1.165) is 33.3 Å². The first kappa shape index (κ1) is 22.0. The monoisotopic (exact) mass is 479 g/mol. The Labute approximate surface area is 207 Å². The number of likely N-dealkylation sites (tertiary alicyclic amines) is 1. The Kier molecular flexibility index (Phi) is 5.67. The molecule has 2 aromatic carbocycles. The van der Waals surface area contributed by atoms with Crippen molar-refractivity contribution in [3.8, 4) is 22.5 Å². The summed E-state index contributed by atoms with van der Waals surface area (Å²) in [6, 6.07) is 17.6. The predicted molar refractivity (Wildman–Crippen MR) is 138 cm³/mol. The summed E-state index contributed by atoms with van der Waals surface area (Å²) in [7, 11) is 0. The molecule has 4 heterocycles. The average molecular weight is 480 g/mol. The SMILES string of the molecule is O=C(c1cc2ccc(-c3nccc(Nc4ccc(-c5cn[nH]c5)cc4)n3)cc2[nH]1)N1CCC(O)CC1. The lowest BCUT2D eigenvalue weighted by molar-refractivity contribution is 0.0542. The van der Waals surface area contributed by atoms with Gasteiger partial charge in [-0.15, -0.1) is 0 Å². The van der Waals surface area contributed by atoms with Crippen LogP contribution < -0.4 is 5.32 Å². The third-order valence-corrected chi connectivity index (χ3v) is 6.51. The molecule has 0 bridgehead atoms. The number of aromatic amines is 2. The van der Waals surface area contributed by atoms with Gasteiger partial charge in [0, 0.05) is 53.2 Å². The van der Waals surface area contributed by atoms with Gasteiger partial charge in [-0.2, -0.15) is 5.10 Å². The van der Waals surface area contributed by atoms with Crippen LogP contribution in [0.4, 0.5) is 11.5 Å². The number of rotatable bonds is 5. The number of carbonyl (C=O) groups is 1. The first-order chi connectivity index (χ1) is 17.6.